The van der Waals surface area contributed by atoms with E-state index in [9.17, 15) is 0 Å². The van der Waals surface area contributed by atoms with Crippen LogP contribution in [0.5, 0.6) is 0 Å². The number of para-hydroxylation sites is 5. The molecule has 1 atom stereocenters. The molecule has 0 radical (unpaired) electrons. The average molecular weight is 614 g/mol. The van der Waals surface area contributed by atoms with Crippen LogP contribution in [-0.4, -0.2) is 4.57 Å². The lowest BCUT2D eigenvalue weighted by Crippen LogP contribution is -2.21. The van der Waals surface area contributed by atoms with E-state index in [2.05, 4.69) is 191 Å². The Morgan fingerprint density at radius 2 is 0.979 bits per heavy atom. The standard InChI is InChI=1S/C45H31N3/c1-3-12-33(13-4-1)47(34-14-5-2-6-15-34)35-28-26-31(27-29-35)30-22-24-32(25-23-30)42-38-17-7-9-20-40(38)46-45-43(42)39-19-11-18-37-36-16-8-10-21-41(36)48(45)44(37)39/h1-29,45-46H. The second-order valence-electron chi connectivity index (χ2n) is 12.6. The van der Waals surface area contributed by atoms with Crippen LogP contribution in [0, 0.1) is 0 Å². The molecule has 3 heterocycles. The third kappa shape index (κ3) is 4.01. The Balaban J connectivity index is 1.06. The Morgan fingerprint density at radius 3 is 1.71 bits per heavy atom. The van der Waals surface area contributed by atoms with Crippen LogP contribution in [0.3, 0.4) is 0 Å². The number of aromatic nitrogens is 1. The lowest BCUT2D eigenvalue weighted by molar-refractivity contribution is 0.763. The van der Waals surface area contributed by atoms with Crippen LogP contribution in [0.25, 0.3) is 44.1 Å². The minimum Gasteiger partial charge on any atom is -0.361 e. The molecule has 48 heavy (non-hydrogen) atoms. The summed E-state index contributed by atoms with van der Waals surface area (Å²) in [4.78, 5) is 2.30. The zero-order valence-electron chi connectivity index (χ0n) is 26.2. The van der Waals surface area contributed by atoms with Crippen molar-refractivity contribution in [3.8, 4) is 11.1 Å². The molecule has 0 amide bonds. The third-order valence-corrected chi connectivity index (χ3v) is 9.97. The second-order valence-corrected chi connectivity index (χ2v) is 12.6. The summed E-state index contributed by atoms with van der Waals surface area (Å²) in [6.45, 7) is 0. The van der Waals surface area contributed by atoms with Crippen molar-refractivity contribution >= 4 is 55.7 Å². The molecule has 0 aliphatic carbocycles. The van der Waals surface area contributed by atoms with Crippen molar-refractivity contribution in [2.75, 3.05) is 10.2 Å². The first kappa shape index (κ1) is 26.9. The lowest BCUT2D eigenvalue weighted by Gasteiger charge is -2.30. The quantitative estimate of drug-likeness (QED) is 0.208. The molecular weight excluding hydrogens is 583 g/mol. The van der Waals surface area contributed by atoms with Crippen molar-refractivity contribution in [1.29, 1.82) is 0 Å². The summed E-state index contributed by atoms with van der Waals surface area (Å²) >= 11 is 0. The van der Waals surface area contributed by atoms with E-state index in [0.29, 0.717) is 0 Å². The topological polar surface area (TPSA) is 20.2 Å². The Morgan fingerprint density at radius 1 is 0.438 bits per heavy atom. The van der Waals surface area contributed by atoms with Crippen molar-refractivity contribution < 1.29 is 0 Å². The normalized spacial score (nSPS) is 14.5. The van der Waals surface area contributed by atoms with Gasteiger partial charge in [0.05, 0.1) is 11.0 Å². The molecule has 8 aromatic rings. The van der Waals surface area contributed by atoms with Crippen LogP contribution in [0.15, 0.2) is 176 Å². The van der Waals surface area contributed by atoms with Gasteiger partial charge in [-0.25, -0.2) is 0 Å². The van der Waals surface area contributed by atoms with E-state index in [1.165, 1.54) is 66.5 Å². The maximum Gasteiger partial charge on any atom is 0.131 e. The summed E-state index contributed by atoms with van der Waals surface area (Å²) in [7, 11) is 0. The van der Waals surface area contributed by atoms with Gasteiger partial charge in [0.2, 0.25) is 0 Å². The van der Waals surface area contributed by atoms with Gasteiger partial charge in [-0.05, 0) is 70.8 Å². The van der Waals surface area contributed by atoms with E-state index in [0.717, 1.165) is 17.1 Å². The fourth-order valence-electron chi connectivity index (χ4n) is 7.89. The van der Waals surface area contributed by atoms with Gasteiger partial charge in [-0.2, -0.15) is 0 Å². The monoisotopic (exact) mass is 613 g/mol. The fourth-order valence-corrected chi connectivity index (χ4v) is 7.89. The van der Waals surface area contributed by atoms with E-state index in [4.69, 9.17) is 0 Å². The highest BCUT2D eigenvalue weighted by atomic mass is 15.2. The summed E-state index contributed by atoms with van der Waals surface area (Å²) in [5, 5.41) is 6.54. The molecule has 7 aromatic carbocycles. The zero-order chi connectivity index (χ0) is 31.6. The van der Waals surface area contributed by atoms with Crippen molar-refractivity contribution in [2.24, 2.45) is 0 Å². The molecule has 1 N–H and O–H groups in total. The van der Waals surface area contributed by atoms with Gasteiger partial charge in [0, 0.05) is 50.2 Å². The van der Waals surface area contributed by atoms with Gasteiger partial charge in [-0.1, -0.05) is 127 Å². The van der Waals surface area contributed by atoms with Crippen molar-refractivity contribution in [3.05, 3.63) is 193 Å². The molecule has 10 rings (SSSR count). The predicted octanol–water partition coefficient (Wildman–Crippen LogP) is 11.8. The number of hydrogen-bond acceptors (Lipinski definition) is 2. The summed E-state index contributed by atoms with van der Waals surface area (Å²) in [5.41, 5.74) is 16.0. The first-order valence-electron chi connectivity index (χ1n) is 16.6. The molecule has 3 heteroatoms. The lowest BCUT2D eigenvalue weighted by atomic mass is 9.85. The van der Waals surface area contributed by atoms with E-state index in [1.54, 1.807) is 0 Å². The Kier molecular flexibility index (Phi) is 5.94. The molecule has 2 aliphatic heterocycles. The molecule has 0 fully saturated rings. The molecular formula is C45H31N3. The largest absolute Gasteiger partial charge is 0.361 e. The minimum absolute atomic E-state index is 0.0269. The number of nitrogens with one attached hydrogen (secondary N) is 1. The maximum absolute atomic E-state index is 3.92. The third-order valence-electron chi connectivity index (χ3n) is 9.97. The minimum atomic E-state index is 0.0269. The van der Waals surface area contributed by atoms with Gasteiger partial charge in [0.15, 0.2) is 0 Å². The van der Waals surface area contributed by atoms with Gasteiger partial charge in [0.1, 0.15) is 6.17 Å². The van der Waals surface area contributed by atoms with Crippen LogP contribution in [0.4, 0.5) is 22.7 Å². The van der Waals surface area contributed by atoms with Crippen LogP contribution < -0.4 is 10.2 Å². The van der Waals surface area contributed by atoms with E-state index < -0.39 is 0 Å². The highest BCUT2D eigenvalue weighted by molar-refractivity contribution is 6.19. The van der Waals surface area contributed by atoms with Crippen LogP contribution in [-0.2, 0) is 0 Å². The average Bonchev–Trinajstić information content (AvgIpc) is 3.68. The second kappa shape index (κ2) is 10.6. The summed E-state index contributed by atoms with van der Waals surface area (Å²) in [6.07, 6.45) is 0.0269. The van der Waals surface area contributed by atoms with Crippen molar-refractivity contribution in [2.45, 2.75) is 6.17 Å². The van der Waals surface area contributed by atoms with Gasteiger partial charge in [-0.15, -0.1) is 0 Å². The molecule has 226 valence electrons. The SMILES string of the molecule is c1ccc(N(c2ccccc2)c2ccc(-c3ccc(C4=C5c6cccc7c8ccccc8n(c67)C5Nc5ccccc54)cc3)cc2)cc1. The van der Waals surface area contributed by atoms with Gasteiger partial charge in [0.25, 0.3) is 0 Å². The Labute approximate surface area is 279 Å². The van der Waals surface area contributed by atoms with E-state index in [-0.39, 0.29) is 6.17 Å². The number of hydrogen-bond donors (Lipinski definition) is 1. The van der Waals surface area contributed by atoms with Crippen LogP contribution in [0.2, 0.25) is 0 Å². The Hall–Kier alpha value is -6.32. The first-order valence-corrected chi connectivity index (χ1v) is 16.6. The molecule has 0 bridgehead atoms. The number of nitrogens with zero attached hydrogens (tertiary/aromatic N) is 2. The van der Waals surface area contributed by atoms with E-state index in [1.807, 2.05) is 0 Å². The predicted molar refractivity (Wildman–Crippen MR) is 201 cm³/mol. The highest BCUT2D eigenvalue weighted by Gasteiger charge is 2.37. The summed E-state index contributed by atoms with van der Waals surface area (Å²) in [6, 6.07) is 63.5. The first-order chi connectivity index (χ1) is 23.8. The van der Waals surface area contributed by atoms with Crippen LogP contribution in [0.1, 0.15) is 22.9 Å². The van der Waals surface area contributed by atoms with Gasteiger partial charge >= 0.3 is 0 Å². The van der Waals surface area contributed by atoms with Gasteiger partial charge < -0.3 is 14.8 Å². The molecule has 1 aromatic heterocycles. The van der Waals surface area contributed by atoms with Crippen molar-refractivity contribution in [3.63, 3.8) is 0 Å². The molecule has 0 saturated heterocycles. The highest BCUT2D eigenvalue weighted by Crippen LogP contribution is 2.54. The molecule has 0 spiro atoms. The summed E-state index contributed by atoms with van der Waals surface area (Å²) in [5.74, 6) is 0. The van der Waals surface area contributed by atoms with E-state index >= 15 is 0 Å². The zero-order valence-corrected chi connectivity index (χ0v) is 26.2. The van der Waals surface area contributed by atoms with Crippen LogP contribution >= 0.6 is 0 Å². The number of benzene rings is 7. The molecule has 0 saturated carbocycles. The Bertz CT molecular complexity index is 2470. The molecule has 3 nitrogen and oxygen atoms in total. The smallest absolute Gasteiger partial charge is 0.131 e. The van der Waals surface area contributed by atoms with Crippen molar-refractivity contribution in [1.82, 2.24) is 4.57 Å². The van der Waals surface area contributed by atoms with Gasteiger partial charge in [-0.3, -0.25) is 0 Å². The fraction of sp³-hybridized carbons (Fsp3) is 0.0222. The molecule has 2 aliphatic rings. The molecule has 1 unspecified atom stereocenters. The number of anilines is 4. The summed E-state index contributed by atoms with van der Waals surface area (Å²) < 4.78 is 2.51. The number of rotatable bonds is 5. The maximum atomic E-state index is 3.92. The number of fused-ring (bicyclic) bond motifs is 7.